The van der Waals surface area contributed by atoms with Crippen LogP contribution in [0.5, 0.6) is 0 Å². The Labute approximate surface area is 180 Å². The molecule has 0 aliphatic carbocycles. The zero-order valence-corrected chi connectivity index (χ0v) is 17.9. The highest BCUT2D eigenvalue weighted by Gasteiger charge is 2.19. The third kappa shape index (κ3) is 4.85. The molecule has 8 nitrogen and oxygen atoms in total. The molecule has 0 fully saturated rings. The van der Waals surface area contributed by atoms with E-state index in [-0.39, 0.29) is 30.5 Å². The number of nitrogens with two attached hydrogens (primary N) is 1. The zero-order chi connectivity index (χ0) is 22.5. The molecule has 1 amide bonds. The molecular formula is C23H27N5O3. The number of hydrogen-bond donors (Lipinski definition) is 3. The number of nitrogens with one attached hydrogen (secondary N) is 2. The largest absolute Gasteiger partial charge is 0.383 e. The van der Waals surface area contributed by atoms with Crippen LogP contribution in [-0.4, -0.2) is 29.1 Å². The van der Waals surface area contributed by atoms with E-state index in [1.165, 1.54) is 9.47 Å². The minimum absolute atomic E-state index is 0.0121. The second kappa shape index (κ2) is 9.34. The van der Waals surface area contributed by atoms with Crippen LogP contribution in [0.15, 0.2) is 58.1 Å². The minimum Gasteiger partial charge on any atom is -0.383 e. The van der Waals surface area contributed by atoms with Gasteiger partial charge >= 0.3 is 5.69 Å². The third-order valence-corrected chi connectivity index (χ3v) is 5.16. The van der Waals surface area contributed by atoms with Crippen molar-refractivity contribution in [3.05, 3.63) is 86.1 Å². The summed E-state index contributed by atoms with van der Waals surface area (Å²) < 4.78 is 1.29. The Bertz CT molecular complexity index is 1200. The summed E-state index contributed by atoms with van der Waals surface area (Å²) in [4.78, 5) is 41.3. The summed E-state index contributed by atoms with van der Waals surface area (Å²) in [6.45, 7) is 4.06. The fourth-order valence-electron chi connectivity index (χ4n) is 3.54. The number of carbonyl (C=O) groups is 1. The molecule has 0 unspecified atom stereocenters. The number of benzene rings is 2. The van der Waals surface area contributed by atoms with Gasteiger partial charge in [-0.05, 0) is 30.0 Å². The molecule has 3 aromatic rings. The summed E-state index contributed by atoms with van der Waals surface area (Å²) in [6.07, 6.45) is 0.782. The van der Waals surface area contributed by atoms with Crippen molar-refractivity contribution in [2.45, 2.75) is 26.8 Å². The van der Waals surface area contributed by atoms with E-state index in [0.29, 0.717) is 0 Å². The molecule has 0 aliphatic rings. The van der Waals surface area contributed by atoms with Crippen molar-refractivity contribution in [1.82, 2.24) is 9.55 Å². The summed E-state index contributed by atoms with van der Waals surface area (Å²) >= 11 is 0. The van der Waals surface area contributed by atoms with Gasteiger partial charge in [-0.15, -0.1) is 0 Å². The highest BCUT2D eigenvalue weighted by Crippen LogP contribution is 2.21. The lowest BCUT2D eigenvalue weighted by Crippen LogP contribution is -2.40. The molecule has 8 heteroatoms. The maximum atomic E-state index is 12.7. The lowest BCUT2D eigenvalue weighted by Gasteiger charge is -2.22. The average molecular weight is 422 g/mol. The van der Waals surface area contributed by atoms with Crippen LogP contribution in [0.1, 0.15) is 23.6 Å². The van der Waals surface area contributed by atoms with Gasteiger partial charge in [0.2, 0.25) is 5.91 Å². The number of anilines is 3. The molecule has 0 bridgehead atoms. The number of carbonyl (C=O) groups excluding carboxylic acids is 1. The lowest BCUT2D eigenvalue weighted by molar-refractivity contribution is -0.114. The molecule has 2 aromatic carbocycles. The van der Waals surface area contributed by atoms with Gasteiger partial charge in [-0.1, -0.05) is 55.5 Å². The van der Waals surface area contributed by atoms with Gasteiger partial charge in [-0.25, -0.2) is 4.79 Å². The number of nitrogen functional groups attached to an aromatic ring is 1. The Morgan fingerprint density at radius 3 is 2.52 bits per heavy atom. The molecule has 31 heavy (non-hydrogen) atoms. The van der Waals surface area contributed by atoms with Gasteiger partial charge in [0, 0.05) is 12.7 Å². The van der Waals surface area contributed by atoms with E-state index < -0.39 is 11.2 Å². The van der Waals surface area contributed by atoms with Crippen LogP contribution >= 0.6 is 0 Å². The van der Waals surface area contributed by atoms with Crippen LogP contribution in [-0.2, 0) is 17.8 Å². The van der Waals surface area contributed by atoms with Gasteiger partial charge in [-0.3, -0.25) is 19.1 Å². The highest BCUT2D eigenvalue weighted by molar-refractivity contribution is 5.95. The van der Waals surface area contributed by atoms with E-state index in [1.807, 2.05) is 62.4 Å². The number of likely N-dealkylation sites (N-methyl/N-ethyl adjacent to an activating group) is 1. The van der Waals surface area contributed by atoms with Crippen molar-refractivity contribution in [3.63, 3.8) is 0 Å². The maximum Gasteiger partial charge on any atom is 0.330 e. The first-order valence-electron chi connectivity index (χ1n) is 10.1. The van der Waals surface area contributed by atoms with Crippen LogP contribution in [0.4, 0.5) is 17.2 Å². The molecule has 4 N–H and O–H groups in total. The highest BCUT2D eigenvalue weighted by atomic mass is 16.2. The summed E-state index contributed by atoms with van der Waals surface area (Å²) in [5, 5.41) is 2.93. The molecule has 0 aliphatic heterocycles. The molecule has 0 spiro atoms. The van der Waals surface area contributed by atoms with Crippen LogP contribution in [0.3, 0.4) is 0 Å². The second-order valence-corrected chi connectivity index (χ2v) is 7.43. The van der Waals surface area contributed by atoms with Crippen LogP contribution < -0.4 is 27.2 Å². The van der Waals surface area contributed by atoms with Gasteiger partial charge in [-0.2, -0.15) is 0 Å². The lowest BCUT2D eigenvalue weighted by atomic mass is 10.1. The normalized spacial score (nSPS) is 10.7. The minimum atomic E-state index is -0.632. The van der Waals surface area contributed by atoms with Crippen molar-refractivity contribution in [3.8, 4) is 0 Å². The first-order chi connectivity index (χ1) is 14.8. The topological polar surface area (TPSA) is 113 Å². The molecule has 162 valence electrons. The maximum absolute atomic E-state index is 12.7. The monoisotopic (exact) mass is 421 g/mol. The average Bonchev–Trinajstić information content (AvgIpc) is 2.73. The summed E-state index contributed by atoms with van der Waals surface area (Å²) in [7, 11) is 1.59. The van der Waals surface area contributed by atoms with Crippen LogP contribution in [0, 0.1) is 6.92 Å². The van der Waals surface area contributed by atoms with Crippen molar-refractivity contribution >= 4 is 23.1 Å². The van der Waals surface area contributed by atoms with E-state index in [0.717, 1.165) is 28.8 Å². The van der Waals surface area contributed by atoms with Crippen LogP contribution in [0.2, 0.25) is 0 Å². The Hall–Kier alpha value is -3.81. The number of nitrogens with zero attached hydrogens (tertiary/aromatic N) is 2. The molecule has 3 rings (SSSR count). The third-order valence-electron chi connectivity index (χ3n) is 5.16. The molecule has 1 heterocycles. The molecule has 0 saturated heterocycles. The van der Waals surface area contributed by atoms with Gasteiger partial charge < -0.3 is 16.0 Å². The number of hydrogen-bond acceptors (Lipinski definition) is 5. The summed E-state index contributed by atoms with van der Waals surface area (Å²) in [6, 6.07) is 15.2. The predicted molar refractivity (Wildman–Crippen MR) is 124 cm³/mol. The van der Waals surface area contributed by atoms with Crippen molar-refractivity contribution in [1.29, 1.82) is 0 Å². The smallest absolute Gasteiger partial charge is 0.330 e. The number of para-hydroxylation sites is 1. The van der Waals surface area contributed by atoms with Crippen molar-refractivity contribution in [2.75, 3.05) is 29.5 Å². The molecule has 0 saturated carbocycles. The number of aromatic nitrogens is 2. The molecular weight excluding hydrogens is 394 g/mol. The molecule has 0 radical (unpaired) electrons. The fraction of sp³-hybridized carbons (Fsp3) is 0.261. The second-order valence-electron chi connectivity index (χ2n) is 7.43. The van der Waals surface area contributed by atoms with E-state index in [1.54, 1.807) is 7.05 Å². The van der Waals surface area contributed by atoms with Gasteiger partial charge in [0.05, 0.1) is 13.1 Å². The Kier molecular flexibility index (Phi) is 6.59. The SMILES string of the molecule is CCc1cccc(C)c1NC(=O)CN(C)c1c(N)n(Cc2ccccc2)c(=O)[nH]c1=O. The van der Waals surface area contributed by atoms with Crippen molar-refractivity contribution in [2.24, 2.45) is 0 Å². The van der Waals surface area contributed by atoms with Gasteiger partial charge in [0.1, 0.15) is 11.5 Å². The predicted octanol–water partition coefficient (Wildman–Crippen LogP) is 2.11. The van der Waals surface area contributed by atoms with E-state index in [2.05, 4.69) is 10.3 Å². The Morgan fingerprint density at radius 2 is 1.84 bits per heavy atom. The molecule has 0 atom stereocenters. The quantitative estimate of drug-likeness (QED) is 0.541. The van der Waals surface area contributed by atoms with Crippen molar-refractivity contribution < 1.29 is 4.79 Å². The van der Waals surface area contributed by atoms with Gasteiger partial charge in [0.15, 0.2) is 0 Å². The summed E-state index contributed by atoms with van der Waals surface area (Å²) in [5.41, 5.74) is 8.68. The van der Waals surface area contributed by atoms with Gasteiger partial charge in [0.25, 0.3) is 5.56 Å². The number of amides is 1. The number of rotatable bonds is 7. The first-order valence-corrected chi connectivity index (χ1v) is 10.1. The number of H-pyrrole nitrogens is 1. The van der Waals surface area contributed by atoms with E-state index in [4.69, 9.17) is 5.73 Å². The Morgan fingerprint density at radius 1 is 1.13 bits per heavy atom. The first kappa shape index (κ1) is 21.9. The van der Waals surface area contributed by atoms with Crippen LogP contribution in [0.25, 0.3) is 0 Å². The fourth-order valence-corrected chi connectivity index (χ4v) is 3.54. The Balaban J connectivity index is 1.85. The molecule has 1 aromatic heterocycles. The standard InChI is InChI=1S/C23H27N5O3/c1-4-17-12-8-9-15(2)19(17)25-18(29)14-27(3)20-21(24)28(23(31)26-22(20)30)13-16-10-6-5-7-11-16/h5-12H,4,13-14,24H2,1-3H3,(H,25,29)(H,26,30,31). The van der Waals surface area contributed by atoms with E-state index >= 15 is 0 Å². The summed E-state index contributed by atoms with van der Waals surface area (Å²) in [5.74, 6) is -0.274. The number of aromatic amines is 1. The zero-order valence-electron chi connectivity index (χ0n) is 17.9. The van der Waals surface area contributed by atoms with E-state index in [9.17, 15) is 14.4 Å². The number of aryl methyl sites for hydroxylation is 2.